The van der Waals surface area contributed by atoms with Crippen molar-refractivity contribution in [1.29, 1.82) is 0 Å². The topological polar surface area (TPSA) is 95.6 Å². The summed E-state index contributed by atoms with van der Waals surface area (Å²) >= 11 is 0. The van der Waals surface area contributed by atoms with Crippen LogP contribution in [-0.2, 0) is 0 Å². The van der Waals surface area contributed by atoms with E-state index in [4.69, 9.17) is 15.9 Å². The van der Waals surface area contributed by atoms with Crippen LogP contribution in [0.3, 0.4) is 0 Å². The third-order valence-corrected chi connectivity index (χ3v) is 2.74. The highest BCUT2D eigenvalue weighted by atomic mass is 19.2. The molecule has 0 aliphatic carbocycles. The van der Waals surface area contributed by atoms with Gasteiger partial charge in [-0.25, -0.2) is 26.7 Å². The van der Waals surface area contributed by atoms with Gasteiger partial charge in [-0.2, -0.15) is 0 Å². The van der Waals surface area contributed by atoms with Crippen LogP contribution in [0.5, 0.6) is 0 Å². The van der Waals surface area contributed by atoms with Crippen LogP contribution in [0.4, 0.5) is 22.0 Å². The lowest BCUT2D eigenvalue weighted by atomic mass is 10.1. The maximum atomic E-state index is 12.6. The van der Waals surface area contributed by atoms with E-state index in [0.717, 1.165) is 38.9 Å². The van der Waals surface area contributed by atoms with Crippen molar-refractivity contribution in [3.63, 3.8) is 0 Å². The third-order valence-electron chi connectivity index (χ3n) is 2.74. The average molecular weight is 358 g/mol. The Morgan fingerprint density at radius 2 is 1.33 bits per heavy atom. The summed E-state index contributed by atoms with van der Waals surface area (Å²) in [5, 5.41) is 19.8. The fraction of sp³-hybridized carbons (Fsp3) is 0.500. The summed E-state index contributed by atoms with van der Waals surface area (Å²) in [5.41, 5.74) is 3.44. The molecule has 0 amide bonds. The number of aromatic carboxylic acids is 1. The van der Waals surface area contributed by atoms with E-state index < -0.39 is 40.6 Å². The summed E-state index contributed by atoms with van der Waals surface area (Å²) in [6, 6.07) is 0. The van der Waals surface area contributed by atoms with Crippen molar-refractivity contribution in [1.82, 2.24) is 5.32 Å². The molecule has 0 spiro atoms. The Bertz CT molecular complexity index is 507. The zero-order chi connectivity index (χ0) is 18.7. The molecule has 5 nitrogen and oxygen atoms in total. The van der Waals surface area contributed by atoms with Crippen LogP contribution in [0.2, 0.25) is 0 Å². The Balaban J connectivity index is 0.000000470. The summed E-state index contributed by atoms with van der Waals surface area (Å²) in [6.07, 6.45) is 3.08. The Labute approximate surface area is 135 Å². The fourth-order valence-corrected chi connectivity index (χ4v) is 1.52. The lowest BCUT2D eigenvalue weighted by Crippen LogP contribution is -2.18. The molecular formula is C14H19F5N2O3. The zero-order valence-electron chi connectivity index (χ0n) is 12.7. The summed E-state index contributed by atoms with van der Waals surface area (Å²) in [6.45, 7) is 3.00. The number of halogens is 5. The smallest absolute Gasteiger partial charge is 0.341 e. The Kier molecular flexibility index (Phi) is 10.8. The predicted molar refractivity (Wildman–Crippen MR) is 76.1 cm³/mol. The van der Waals surface area contributed by atoms with Crippen molar-refractivity contribution in [2.24, 2.45) is 5.73 Å². The molecule has 0 aliphatic rings. The number of unbranched alkanes of at least 4 members (excludes halogenated alkanes) is 1. The van der Waals surface area contributed by atoms with Crippen LogP contribution < -0.4 is 11.1 Å². The molecule has 5 N–H and O–H groups in total. The summed E-state index contributed by atoms with van der Waals surface area (Å²) in [7, 11) is 0. The number of nitrogens with one attached hydrogen (secondary N) is 1. The van der Waals surface area contributed by atoms with Gasteiger partial charge in [-0.1, -0.05) is 0 Å². The third kappa shape index (κ3) is 6.77. The van der Waals surface area contributed by atoms with E-state index in [1.165, 1.54) is 0 Å². The van der Waals surface area contributed by atoms with E-state index in [9.17, 15) is 26.7 Å². The van der Waals surface area contributed by atoms with Crippen molar-refractivity contribution in [2.45, 2.75) is 19.3 Å². The number of rotatable bonds is 8. The molecule has 0 aromatic heterocycles. The second-order valence-corrected chi connectivity index (χ2v) is 4.57. The molecule has 0 saturated heterocycles. The molecule has 1 rings (SSSR count). The highest BCUT2D eigenvalue weighted by Gasteiger charge is 2.29. The number of carbonyl (C=O) groups is 1. The molecule has 0 radical (unpaired) electrons. The van der Waals surface area contributed by atoms with Gasteiger partial charge in [-0.3, -0.25) is 0 Å². The van der Waals surface area contributed by atoms with Gasteiger partial charge in [0.2, 0.25) is 5.82 Å². The first-order valence-electron chi connectivity index (χ1n) is 7.05. The molecule has 1 aromatic rings. The van der Waals surface area contributed by atoms with Crippen molar-refractivity contribution in [3.05, 3.63) is 34.6 Å². The van der Waals surface area contributed by atoms with Gasteiger partial charge in [-0.15, -0.1) is 0 Å². The summed E-state index contributed by atoms with van der Waals surface area (Å²) in [4.78, 5) is 10.1. The van der Waals surface area contributed by atoms with Gasteiger partial charge < -0.3 is 21.3 Å². The summed E-state index contributed by atoms with van der Waals surface area (Å²) < 4.78 is 62.1. The fourth-order valence-electron chi connectivity index (χ4n) is 1.52. The number of benzene rings is 1. The molecule has 1 aromatic carbocycles. The van der Waals surface area contributed by atoms with Gasteiger partial charge in [0.15, 0.2) is 23.3 Å². The molecule has 0 saturated carbocycles. The van der Waals surface area contributed by atoms with Crippen molar-refractivity contribution in [3.8, 4) is 0 Å². The predicted octanol–water partition coefficient (Wildman–Crippen LogP) is 1.78. The molecule has 0 heterocycles. The van der Waals surface area contributed by atoms with Crippen LogP contribution in [0.15, 0.2) is 0 Å². The van der Waals surface area contributed by atoms with Crippen LogP contribution in [0, 0.1) is 29.1 Å². The first-order valence-corrected chi connectivity index (χ1v) is 7.05. The first-order chi connectivity index (χ1) is 11.3. The van der Waals surface area contributed by atoms with E-state index in [1.807, 2.05) is 0 Å². The van der Waals surface area contributed by atoms with E-state index in [2.05, 4.69) is 5.32 Å². The summed E-state index contributed by atoms with van der Waals surface area (Å²) in [5.74, 6) is -13.9. The van der Waals surface area contributed by atoms with Crippen LogP contribution in [0.1, 0.15) is 29.6 Å². The molecule has 0 unspecified atom stereocenters. The van der Waals surface area contributed by atoms with Gasteiger partial charge >= 0.3 is 5.97 Å². The van der Waals surface area contributed by atoms with Crippen LogP contribution >= 0.6 is 0 Å². The normalized spacial score (nSPS) is 10.3. The maximum Gasteiger partial charge on any atom is 0.341 e. The van der Waals surface area contributed by atoms with E-state index in [0.29, 0.717) is 0 Å². The molecule has 0 atom stereocenters. The molecule has 10 heteroatoms. The van der Waals surface area contributed by atoms with E-state index >= 15 is 0 Å². The van der Waals surface area contributed by atoms with Gasteiger partial charge in [0, 0.05) is 6.61 Å². The number of hydrogen-bond donors (Lipinski definition) is 4. The number of aliphatic hydroxyl groups excluding tert-OH is 1. The molecule has 0 bridgehead atoms. The number of carboxylic acid groups (broad SMARTS) is 1. The number of aliphatic hydroxyl groups is 1. The largest absolute Gasteiger partial charge is 0.477 e. The van der Waals surface area contributed by atoms with Crippen LogP contribution in [-0.4, -0.2) is 42.4 Å². The average Bonchev–Trinajstić information content (AvgIpc) is 2.55. The van der Waals surface area contributed by atoms with Gasteiger partial charge in [-0.05, 0) is 38.9 Å². The minimum Gasteiger partial charge on any atom is -0.477 e. The standard InChI is InChI=1S/C7HF5O2.C7H18N2O/c8-2-1(7(13)14)3(9)5(11)6(12)4(2)10;8-4-1-2-5-9-6-3-7-10/h(H,13,14);9-10H,1-8H2. The second kappa shape index (κ2) is 11.7. The number of carboxylic acids is 1. The van der Waals surface area contributed by atoms with E-state index in [-0.39, 0.29) is 6.61 Å². The molecule has 0 fully saturated rings. The van der Waals surface area contributed by atoms with Crippen molar-refractivity contribution >= 4 is 5.97 Å². The second-order valence-electron chi connectivity index (χ2n) is 4.57. The monoisotopic (exact) mass is 358 g/mol. The Hall–Kier alpha value is -1.78. The molecule has 138 valence electrons. The Morgan fingerprint density at radius 3 is 1.75 bits per heavy atom. The lowest BCUT2D eigenvalue weighted by molar-refractivity contribution is 0.0682. The van der Waals surface area contributed by atoms with Crippen molar-refractivity contribution < 1.29 is 37.0 Å². The zero-order valence-corrected chi connectivity index (χ0v) is 12.7. The first kappa shape index (κ1) is 22.2. The molecule has 0 aliphatic heterocycles. The van der Waals surface area contributed by atoms with E-state index in [1.54, 1.807) is 0 Å². The van der Waals surface area contributed by atoms with Gasteiger partial charge in [0.1, 0.15) is 5.56 Å². The highest BCUT2D eigenvalue weighted by molar-refractivity contribution is 5.88. The molecular weight excluding hydrogens is 339 g/mol. The lowest BCUT2D eigenvalue weighted by Gasteiger charge is -2.03. The SMILES string of the molecule is NCCCCNCCCO.O=C(O)c1c(F)c(F)c(F)c(F)c1F. The van der Waals surface area contributed by atoms with Crippen molar-refractivity contribution in [2.75, 3.05) is 26.2 Å². The molecule has 24 heavy (non-hydrogen) atoms. The quantitative estimate of drug-likeness (QED) is 0.246. The minimum absolute atomic E-state index is 0.282. The van der Waals surface area contributed by atoms with Gasteiger partial charge in [0.05, 0.1) is 0 Å². The number of hydrogen-bond acceptors (Lipinski definition) is 4. The van der Waals surface area contributed by atoms with Gasteiger partial charge in [0.25, 0.3) is 0 Å². The minimum atomic E-state index is -2.38. The van der Waals surface area contributed by atoms with Crippen LogP contribution in [0.25, 0.3) is 0 Å². The number of nitrogens with two attached hydrogens (primary N) is 1. The Morgan fingerprint density at radius 1 is 0.875 bits per heavy atom. The highest BCUT2D eigenvalue weighted by Crippen LogP contribution is 2.22. The maximum absolute atomic E-state index is 12.6.